The van der Waals surface area contributed by atoms with Gasteiger partial charge in [0.1, 0.15) is 11.9 Å². The van der Waals surface area contributed by atoms with Crippen molar-refractivity contribution in [2.24, 2.45) is 0 Å². The Morgan fingerprint density at radius 2 is 2.33 bits per heavy atom. The van der Waals surface area contributed by atoms with Gasteiger partial charge in [0.2, 0.25) is 0 Å². The fourth-order valence-electron chi connectivity index (χ4n) is 0.986. The molecule has 0 bridgehead atoms. The summed E-state index contributed by atoms with van der Waals surface area (Å²) in [6, 6.07) is 5.61. The number of nitriles is 1. The molecule has 0 aliphatic heterocycles. The summed E-state index contributed by atoms with van der Waals surface area (Å²) in [6.07, 6.45) is 0. The average Bonchev–Trinajstić information content (AvgIpc) is 2.21. The van der Waals surface area contributed by atoms with Crippen molar-refractivity contribution in [2.75, 3.05) is 0 Å². The van der Waals surface area contributed by atoms with Crippen LogP contribution in [0.25, 0.3) is 0 Å². The molecule has 5 heteroatoms. The van der Waals surface area contributed by atoms with E-state index in [0.29, 0.717) is 0 Å². The molecule has 0 aromatic heterocycles. The lowest BCUT2D eigenvalue weighted by molar-refractivity contribution is 0.0943. The van der Waals surface area contributed by atoms with Crippen LogP contribution in [-0.2, 0) is 0 Å². The van der Waals surface area contributed by atoms with E-state index in [4.69, 9.17) is 5.26 Å². The maximum atomic E-state index is 13.4. The van der Waals surface area contributed by atoms with E-state index in [1.165, 1.54) is 19.1 Å². The van der Waals surface area contributed by atoms with Crippen LogP contribution in [0.4, 0.5) is 4.39 Å². The molecule has 15 heavy (non-hydrogen) atoms. The van der Waals surface area contributed by atoms with E-state index in [-0.39, 0.29) is 10.0 Å². The summed E-state index contributed by atoms with van der Waals surface area (Å²) in [5.41, 5.74) is -0.0773. The van der Waals surface area contributed by atoms with Gasteiger partial charge in [-0.15, -0.1) is 0 Å². The van der Waals surface area contributed by atoms with Crippen LogP contribution in [0.1, 0.15) is 17.3 Å². The lowest BCUT2D eigenvalue weighted by Gasteiger charge is -2.07. The van der Waals surface area contributed by atoms with Gasteiger partial charge in [0.15, 0.2) is 0 Å². The molecule has 1 amide bonds. The molecule has 0 aliphatic rings. The number of benzene rings is 1. The van der Waals surface area contributed by atoms with E-state index >= 15 is 0 Å². The third-order valence-corrected chi connectivity index (χ3v) is 2.35. The Labute approximate surface area is 95.0 Å². The normalized spacial score (nSPS) is 11.6. The number of hydrogen-bond acceptors (Lipinski definition) is 2. The van der Waals surface area contributed by atoms with E-state index < -0.39 is 17.8 Å². The summed E-state index contributed by atoms with van der Waals surface area (Å²) in [7, 11) is 0. The minimum absolute atomic E-state index is 0.0773. The highest BCUT2D eigenvalue weighted by molar-refractivity contribution is 9.10. The van der Waals surface area contributed by atoms with Gasteiger partial charge in [-0.2, -0.15) is 5.26 Å². The van der Waals surface area contributed by atoms with Crippen LogP contribution >= 0.6 is 15.9 Å². The number of carbonyl (C=O) groups is 1. The molecule has 1 unspecified atom stereocenters. The summed E-state index contributed by atoms with van der Waals surface area (Å²) < 4.78 is 13.6. The molecule has 78 valence electrons. The highest BCUT2D eigenvalue weighted by Crippen LogP contribution is 2.18. The number of rotatable bonds is 2. The van der Waals surface area contributed by atoms with Gasteiger partial charge in [0, 0.05) is 0 Å². The molecular formula is C10H8BrFN2O. The number of hydrogen-bond donors (Lipinski definition) is 1. The summed E-state index contributed by atoms with van der Waals surface area (Å²) in [6.45, 7) is 1.52. The standard InChI is InChI=1S/C10H8BrFN2O/c1-6(5-13)14-10(15)7-3-2-4-8(11)9(7)12/h2-4,6H,1H3,(H,14,15). The molecule has 0 aliphatic carbocycles. The van der Waals surface area contributed by atoms with E-state index in [1.807, 2.05) is 6.07 Å². The Balaban J connectivity index is 2.93. The third kappa shape index (κ3) is 2.77. The largest absolute Gasteiger partial charge is 0.336 e. The van der Waals surface area contributed by atoms with Gasteiger partial charge in [-0.25, -0.2) is 4.39 Å². The van der Waals surface area contributed by atoms with Crippen LogP contribution in [0.2, 0.25) is 0 Å². The van der Waals surface area contributed by atoms with Crippen molar-refractivity contribution in [1.82, 2.24) is 5.32 Å². The minimum Gasteiger partial charge on any atom is -0.336 e. The van der Waals surface area contributed by atoms with Crippen LogP contribution in [0.3, 0.4) is 0 Å². The Morgan fingerprint density at radius 3 is 2.93 bits per heavy atom. The fourth-order valence-corrected chi connectivity index (χ4v) is 1.35. The fraction of sp³-hybridized carbons (Fsp3) is 0.200. The van der Waals surface area contributed by atoms with Gasteiger partial charge < -0.3 is 5.32 Å². The van der Waals surface area contributed by atoms with Crippen molar-refractivity contribution in [3.8, 4) is 6.07 Å². The topological polar surface area (TPSA) is 52.9 Å². The minimum atomic E-state index is -0.643. The first-order chi connectivity index (χ1) is 7.06. The van der Waals surface area contributed by atoms with Crippen molar-refractivity contribution in [2.45, 2.75) is 13.0 Å². The Hall–Kier alpha value is -1.41. The maximum Gasteiger partial charge on any atom is 0.255 e. The number of halogens is 2. The van der Waals surface area contributed by atoms with E-state index in [2.05, 4.69) is 21.2 Å². The first-order valence-electron chi connectivity index (χ1n) is 4.20. The van der Waals surface area contributed by atoms with Crippen molar-refractivity contribution >= 4 is 21.8 Å². The smallest absolute Gasteiger partial charge is 0.255 e. The zero-order valence-electron chi connectivity index (χ0n) is 7.92. The molecule has 0 fully saturated rings. The second-order valence-electron chi connectivity index (χ2n) is 2.93. The Bertz CT molecular complexity index is 428. The molecule has 1 atom stereocenters. The lowest BCUT2D eigenvalue weighted by Crippen LogP contribution is -2.31. The summed E-state index contributed by atoms with van der Waals surface area (Å²) in [5, 5.41) is 10.8. The quantitative estimate of drug-likeness (QED) is 0.896. The summed E-state index contributed by atoms with van der Waals surface area (Å²) in [4.78, 5) is 11.5. The monoisotopic (exact) mass is 270 g/mol. The molecule has 1 N–H and O–H groups in total. The first kappa shape index (κ1) is 11.7. The molecular weight excluding hydrogens is 263 g/mol. The predicted molar refractivity (Wildman–Crippen MR) is 56.6 cm³/mol. The number of carbonyl (C=O) groups excluding carboxylic acids is 1. The summed E-state index contributed by atoms with van der Waals surface area (Å²) in [5.74, 6) is -1.22. The third-order valence-electron chi connectivity index (χ3n) is 1.74. The molecule has 0 spiro atoms. The highest BCUT2D eigenvalue weighted by atomic mass is 79.9. The highest BCUT2D eigenvalue weighted by Gasteiger charge is 2.15. The van der Waals surface area contributed by atoms with E-state index in [0.717, 1.165) is 0 Å². The van der Waals surface area contributed by atoms with Gasteiger partial charge in [-0.05, 0) is 35.0 Å². The van der Waals surface area contributed by atoms with Crippen LogP contribution in [0.15, 0.2) is 22.7 Å². The average molecular weight is 271 g/mol. The van der Waals surface area contributed by atoms with Crippen LogP contribution in [0.5, 0.6) is 0 Å². The lowest BCUT2D eigenvalue weighted by atomic mass is 10.2. The number of amides is 1. The molecule has 1 aromatic rings. The second kappa shape index (κ2) is 4.89. The van der Waals surface area contributed by atoms with E-state index in [9.17, 15) is 9.18 Å². The van der Waals surface area contributed by atoms with Crippen molar-refractivity contribution in [1.29, 1.82) is 5.26 Å². The summed E-state index contributed by atoms with van der Waals surface area (Å²) >= 11 is 2.98. The number of nitrogens with zero attached hydrogens (tertiary/aromatic N) is 1. The van der Waals surface area contributed by atoms with Gasteiger partial charge in [0.05, 0.1) is 16.1 Å². The van der Waals surface area contributed by atoms with Gasteiger partial charge in [0.25, 0.3) is 5.91 Å². The maximum absolute atomic E-state index is 13.4. The van der Waals surface area contributed by atoms with Crippen LogP contribution in [0, 0.1) is 17.1 Å². The first-order valence-corrected chi connectivity index (χ1v) is 5.00. The molecule has 0 saturated carbocycles. The Kier molecular flexibility index (Phi) is 3.81. The zero-order valence-corrected chi connectivity index (χ0v) is 9.51. The molecule has 3 nitrogen and oxygen atoms in total. The Morgan fingerprint density at radius 1 is 1.67 bits per heavy atom. The van der Waals surface area contributed by atoms with Gasteiger partial charge in [-0.3, -0.25) is 4.79 Å². The van der Waals surface area contributed by atoms with Crippen molar-refractivity contribution < 1.29 is 9.18 Å². The molecule has 0 heterocycles. The van der Waals surface area contributed by atoms with E-state index in [1.54, 1.807) is 6.07 Å². The zero-order chi connectivity index (χ0) is 11.4. The molecule has 1 rings (SSSR count). The second-order valence-corrected chi connectivity index (χ2v) is 3.78. The number of nitrogens with one attached hydrogen (secondary N) is 1. The van der Waals surface area contributed by atoms with Crippen LogP contribution < -0.4 is 5.32 Å². The molecule has 0 radical (unpaired) electrons. The van der Waals surface area contributed by atoms with Crippen LogP contribution in [-0.4, -0.2) is 11.9 Å². The van der Waals surface area contributed by atoms with Crippen molar-refractivity contribution in [3.63, 3.8) is 0 Å². The van der Waals surface area contributed by atoms with Gasteiger partial charge >= 0.3 is 0 Å². The van der Waals surface area contributed by atoms with Crippen molar-refractivity contribution in [3.05, 3.63) is 34.1 Å². The molecule has 1 aromatic carbocycles. The predicted octanol–water partition coefficient (Wildman–Crippen LogP) is 2.23. The van der Waals surface area contributed by atoms with Gasteiger partial charge in [-0.1, -0.05) is 6.07 Å². The SMILES string of the molecule is CC(C#N)NC(=O)c1cccc(Br)c1F. The molecule has 0 saturated heterocycles.